The van der Waals surface area contributed by atoms with Crippen LogP contribution in [0.25, 0.3) is 10.2 Å². The fraction of sp³-hybridized carbons (Fsp3) is 0.300. The van der Waals surface area contributed by atoms with Gasteiger partial charge in [0.25, 0.3) is 0 Å². The zero-order valence-electron chi connectivity index (χ0n) is 16.9. The number of fused-ring (bicyclic) bond motifs is 1. The van der Waals surface area contributed by atoms with Crippen molar-refractivity contribution in [1.29, 1.82) is 0 Å². The van der Waals surface area contributed by atoms with Gasteiger partial charge in [-0.3, -0.25) is 9.69 Å². The van der Waals surface area contributed by atoms with E-state index in [0.717, 1.165) is 12.1 Å². The van der Waals surface area contributed by atoms with Gasteiger partial charge >= 0.3 is 0 Å². The second-order valence-electron chi connectivity index (χ2n) is 6.95. The molecule has 0 bridgehead atoms. The van der Waals surface area contributed by atoms with Crippen LogP contribution in [-0.4, -0.2) is 57.1 Å². The third kappa shape index (κ3) is 6.19. The van der Waals surface area contributed by atoms with Crippen molar-refractivity contribution in [3.63, 3.8) is 0 Å². The third-order valence-corrected chi connectivity index (χ3v) is 7.19. The molecule has 2 aromatic carbocycles. The van der Waals surface area contributed by atoms with Crippen molar-refractivity contribution >= 4 is 54.8 Å². The number of carbonyl (C=O) groups excluding carboxylic acids is 1. The number of sulfone groups is 1. The molecule has 0 spiro atoms. The number of hydrogen-bond donors (Lipinski definition) is 0. The average molecular weight is 490 g/mol. The molecule has 0 fully saturated rings. The van der Waals surface area contributed by atoms with Crippen molar-refractivity contribution in [2.75, 3.05) is 37.8 Å². The van der Waals surface area contributed by atoms with Crippen molar-refractivity contribution in [1.82, 2.24) is 9.88 Å². The molecular weight excluding hydrogens is 468 g/mol. The zero-order chi connectivity index (χ0) is 21.9. The van der Waals surface area contributed by atoms with E-state index in [1.807, 2.05) is 19.0 Å². The highest BCUT2D eigenvalue weighted by molar-refractivity contribution is 7.91. The molecule has 0 atom stereocenters. The maximum absolute atomic E-state index is 14.0. The number of likely N-dealkylation sites (N-methyl/N-ethyl adjacent to an activating group) is 1. The minimum Gasteiger partial charge on any atom is -0.308 e. The first-order chi connectivity index (χ1) is 14.2. The van der Waals surface area contributed by atoms with Crippen molar-refractivity contribution in [2.45, 2.75) is 11.3 Å². The first kappa shape index (κ1) is 25.1. The highest BCUT2D eigenvalue weighted by Gasteiger charge is 2.24. The van der Waals surface area contributed by atoms with Crippen LogP contribution in [0.2, 0.25) is 0 Å². The lowest BCUT2D eigenvalue weighted by atomic mass is 10.3. The van der Waals surface area contributed by atoms with Gasteiger partial charge in [0.15, 0.2) is 15.0 Å². The maximum atomic E-state index is 14.0. The number of para-hydroxylation sites is 1. The number of benzene rings is 2. The number of amides is 1. The van der Waals surface area contributed by atoms with Crippen LogP contribution < -0.4 is 4.90 Å². The molecule has 0 aliphatic carbocycles. The molecule has 3 rings (SSSR count). The molecule has 0 aliphatic rings. The topological polar surface area (TPSA) is 70.6 Å². The monoisotopic (exact) mass is 489 g/mol. The van der Waals surface area contributed by atoms with E-state index < -0.39 is 33.1 Å². The van der Waals surface area contributed by atoms with Gasteiger partial charge in [0, 0.05) is 19.5 Å². The van der Waals surface area contributed by atoms with E-state index in [4.69, 9.17) is 0 Å². The number of anilines is 1. The summed E-state index contributed by atoms with van der Waals surface area (Å²) in [4.78, 5) is 20.4. The Hall–Kier alpha value is -2.14. The Morgan fingerprint density at radius 3 is 2.35 bits per heavy atom. The Labute approximate surface area is 189 Å². The summed E-state index contributed by atoms with van der Waals surface area (Å²) in [6.45, 7) is 0.804. The zero-order valence-corrected chi connectivity index (χ0v) is 19.4. The summed E-state index contributed by atoms with van der Waals surface area (Å²) in [5.41, 5.74) is 0.180. The molecule has 0 unspecified atom stereocenters. The molecule has 0 saturated carbocycles. The minimum absolute atomic E-state index is 0. The fourth-order valence-corrected chi connectivity index (χ4v) is 5.02. The molecule has 0 radical (unpaired) electrons. The number of carbonyl (C=O) groups is 1. The largest absolute Gasteiger partial charge is 0.308 e. The molecule has 0 aliphatic heterocycles. The number of thiazole rings is 1. The van der Waals surface area contributed by atoms with E-state index in [1.54, 1.807) is 12.1 Å². The van der Waals surface area contributed by atoms with Gasteiger partial charge in [0.1, 0.15) is 17.2 Å². The maximum Gasteiger partial charge on any atom is 0.229 e. The molecule has 0 N–H and O–H groups in total. The Kier molecular flexibility index (Phi) is 8.47. The highest BCUT2D eigenvalue weighted by atomic mass is 35.5. The van der Waals surface area contributed by atoms with Gasteiger partial charge in [0.05, 0.1) is 15.3 Å². The lowest BCUT2D eigenvalue weighted by molar-refractivity contribution is -0.118. The minimum atomic E-state index is -3.75. The Morgan fingerprint density at radius 1 is 1.06 bits per heavy atom. The molecule has 0 saturated heterocycles. The lowest BCUT2D eigenvalue weighted by Gasteiger charge is -2.22. The summed E-state index contributed by atoms with van der Waals surface area (Å²) in [7, 11) is -0.0582. The Bertz CT molecular complexity index is 1150. The normalized spacial score (nSPS) is 11.5. The van der Waals surface area contributed by atoms with Crippen LogP contribution in [0.15, 0.2) is 47.4 Å². The SMILES string of the molecule is CN(C)CCN(C(=O)CCS(=O)(=O)c1ccc(F)cc1)c1nc2c(F)cccc2s1.Cl. The third-order valence-electron chi connectivity index (χ3n) is 4.42. The van der Waals surface area contributed by atoms with Gasteiger partial charge in [0.2, 0.25) is 5.91 Å². The molecule has 1 amide bonds. The van der Waals surface area contributed by atoms with E-state index in [2.05, 4.69) is 4.98 Å². The van der Waals surface area contributed by atoms with Crippen LogP contribution >= 0.6 is 23.7 Å². The quantitative estimate of drug-likeness (QED) is 0.451. The fourth-order valence-electron chi connectivity index (χ4n) is 2.76. The number of rotatable bonds is 8. The lowest BCUT2D eigenvalue weighted by Crippen LogP contribution is -2.37. The molecule has 1 heterocycles. The van der Waals surface area contributed by atoms with Crippen molar-refractivity contribution in [3.8, 4) is 0 Å². The number of aromatic nitrogens is 1. The molecule has 31 heavy (non-hydrogen) atoms. The van der Waals surface area contributed by atoms with E-state index in [9.17, 15) is 22.0 Å². The highest BCUT2D eigenvalue weighted by Crippen LogP contribution is 2.30. The molecule has 168 valence electrons. The molecule has 3 aromatic rings. The van der Waals surface area contributed by atoms with E-state index in [0.29, 0.717) is 16.4 Å². The summed E-state index contributed by atoms with van der Waals surface area (Å²) < 4.78 is 52.7. The van der Waals surface area contributed by atoms with Gasteiger partial charge in [-0.25, -0.2) is 22.2 Å². The Balaban J connectivity index is 0.00000341. The van der Waals surface area contributed by atoms with E-state index in [-0.39, 0.29) is 35.8 Å². The number of halogens is 3. The summed E-state index contributed by atoms with van der Waals surface area (Å²) in [5, 5.41) is 0.320. The first-order valence-electron chi connectivity index (χ1n) is 9.16. The standard InChI is InChI=1S/C20H21F2N3O3S2.ClH/c1-24(2)11-12-25(20-23-19-16(22)4-3-5-17(19)29-20)18(26)10-13-30(27,28)15-8-6-14(21)7-9-15;/h3-9H,10-13H2,1-2H3;1H. The van der Waals surface area contributed by atoms with Gasteiger partial charge in [-0.05, 0) is 50.5 Å². The number of hydrogen-bond acceptors (Lipinski definition) is 6. The summed E-state index contributed by atoms with van der Waals surface area (Å²) in [6, 6.07) is 9.06. The second kappa shape index (κ2) is 10.4. The molecule has 6 nitrogen and oxygen atoms in total. The summed E-state index contributed by atoms with van der Waals surface area (Å²) >= 11 is 1.18. The van der Waals surface area contributed by atoms with Crippen LogP contribution in [0.3, 0.4) is 0 Å². The van der Waals surface area contributed by atoms with E-state index in [1.165, 1.54) is 34.4 Å². The van der Waals surface area contributed by atoms with Crippen molar-refractivity contribution in [2.24, 2.45) is 0 Å². The van der Waals surface area contributed by atoms with Gasteiger partial charge in [-0.15, -0.1) is 12.4 Å². The predicted octanol–water partition coefficient (Wildman–Crippen LogP) is 3.75. The molecule has 11 heteroatoms. The molecular formula is C20H22ClF2N3O3S2. The van der Waals surface area contributed by atoms with Crippen LogP contribution in [-0.2, 0) is 14.6 Å². The van der Waals surface area contributed by atoms with Crippen molar-refractivity contribution in [3.05, 3.63) is 54.1 Å². The van der Waals surface area contributed by atoms with Gasteiger partial charge in [-0.2, -0.15) is 0 Å². The smallest absolute Gasteiger partial charge is 0.229 e. The Morgan fingerprint density at radius 2 is 1.74 bits per heavy atom. The van der Waals surface area contributed by atoms with Gasteiger partial charge < -0.3 is 4.90 Å². The van der Waals surface area contributed by atoms with Crippen LogP contribution in [0.5, 0.6) is 0 Å². The van der Waals surface area contributed by atoms with Crippen molar-refractivity contribution < 1.29 is 22.0 Å². The molecule has 1 aromatic heterocycles. The van der Waals surface area contributed by atoms with E-state index >= 15 is 0 Å². The van der Waals surface area contributed by atoms with Crippen LogP contribution in [0.1, 0.15) is 6.42 Å². The van der Waals surface area contributed by atoms with Gasteiger partial charge in [-0.1, -0.05) is 17.4 Å². The van der Waals surface area contributed by atoms with Crippen LogP contribution in [0.4, 0.5) is 13.9 Å². The second-order valence-corrected chi connectivity index (χ2v) is 10.1. The van der Waals surface area contributed by atoms with Crippen LogP contribution in [0, 0.1) is 11.6 Å². The average Bonchev–Trinajstić information content (AvgIpc) is 3.12. The summed E-state index contributed by atoms with van der Waals surface area (Å²) in [6.07, 6.45) is -0.272. The number of nitrogens with zero attached hydrogens (tertiary/aromatic N) is 3. The first-order valence-corrected chi connectivity index (χ1v) is 11.6. The summed E-state index contributed by atoms with van der Waals surface area (Å²) in [5.74, 6) is -1.87. The predicted molar refractivity (Wildman–Crippen MR) is 121 cm³/mol.